The van der Waals surface area contributed by atoms with E-state index >= 15 is 0 Å². The molecule has 2 fully saturated rings. The van der Waals surface area contributed by atoms with Crippen molar-refractivity contribution in [2.75, 3.05) is 18.2 Å². The average Bonchev–Trinajstić information content (AvgIpc) is 3.66. The number of benzene rings is 1. The largest absolute Gasteiger partial charge is 0.358 e. The van der Waals surface area contributed by atoms with Crippen molar-refractivity contribution in [1.82, 2.24) is 24.5 Å². The molecule has 4 aromatic rings. The standard InChI is InChI=1S/C29H34N6O3S/c1-17-13-22(31-18(2)30-17)15-23-16-25(28-29(33-23)35(19(3)32-28)27-7-5-6-12-38-27)34-24-11-10-21(20-8-9-20)14-26(24)39(4,36)37/h10-11,13-14,16,20,27H,5-9,12,15H2,1-4H3,(H,33,34). The molecule has 1 N–H and O–H groups in total. The van der Waals surface area contributed by atoms with Gasteiger partial charge in [0.1, 0.15) is 23.4 Å². The second-order valence-corrected chi connectivity index (χ2v) is 12.8. The Morgan fingerprint density at radius 1 is 0.949 bits per heavy atom. The third-order valence-electron chi connectivity index (χ3n) is 7.43. The minimum absolute atomic E-state index is 0.132. The number of anilines is 2. The van der Waals surface area contributed by atoms with Crippen molar-refractivity contribution in [2.45, 2.75) is 76.3 Å². The van der Waals surface area contributed by atoms with E-state index in [1.54, 1.807) is 0 Å². The van der Waals surface area contributed by atoms with E-state index in [0.717, 1.165) is 72.0 Å². The van der Waals surface area contributed by atoms with Crippen LogP contribution in [0.3, 0.4) is 0 Å². The van der Waals surface area contributed by atoms with Crippen LogP contribution in [0, 0.1) is 20.8 Å². The van der Waals surface area contributed by atoms with Gasteiger partial charge in [-0.3, -0.25) is 4.57 Å². The first-order valence-electron chi connectivity index (χ1n) is 13.6. The molecule has 1 aliphatic carbocycles. The lowest BCUT2D eigenvalue weighted by atomic mass is 10.1. The summed E-state index contributed by atoms with van der Waals surface area (Å²) in [5.74, 6) is 1.98. The van der Waals surface area contributed by atoms with E-state index in [9.17, 15) is 8.42 Å². The van der Waals surface area contributed by atoms with Crippen LogP contribution in [0.15, 0.2) is 35.2 Å². The van der Waals surface area contributed by atoms with Gasteiger partial charge in [0.2, 0.25) is 0 Å². The van der Waals surface area contributed by atoms with Gasteiger partial charge in [-0.25, -0.2) is 28.4 Å². The number of aryl methyl sites for hydroxylation is 3. The summed E-state index contributed by atoms with van der Waals surface area (Å²) in [6.07, 6.45) is 6.86. The van der Waals surface area contributed by atoms with Crippen molar-refractivity contribution in [2.24, 2.45) is 0 Å². The van der Waals surface area contributed by atoms with Crippen molar-refractivity contribution in [3.8, 4) is 0 Å². The fourth-order valence-electron chi connectivity index (χ4n) is 5.52. The lowest BCUT2D eigenvalue weighted by molar-refractivity contribution is -0.0309. The maximum Gasteiger partial charge on any atom is 0.177 e. The van der Waals surface area contributed by atoms with Crippen LogP contribution in [0.1, 0.15) is 78.5 Å². The van der Waals surface area contributed by atoms with Gasteiger partial charge in [-0.1, -0.05) is 6.07 Å². The van der Waals surface area contributed by atoms with Crippen LogP contribution in [0.5, 0.6) is 0 Å². The van der Waals surface area contributed by atoms with Crippen LogP contribution in [0.25, 0.3) is 11.2 Å². The number of ether oxygens (including phenoxy) is 1. The topological polar surface area (TPSA) is 112 Å². The Hall–Kier alpha value is -3.37. The van der Waals surface area contributed by atoms with Crippen LogP contribution in [-0.2, 0) is 21.0 Å². The molecule has 204 valence electrons. The molecule has 1 saturated heterocycles. The monoisotopic (exact) mass is 546 g/mol. The Bertz CT molecular complexity index is 1650. The van der Waals surface area contributed by atoms with Gasteiger partial charge < -0.3 is 10.1 Å². The lowest BCUT2D eigenvalue weighted by Crippen LogP contribution is -2.19. The number of rotatable bonds is 7. The van der Waals surface area contributed by atoms with E-state index in [4.69, 9.17) is 14.7 Å². The van der Waals surface area contributed by atoms with Gasteiger partial charge in [-0.2, -0.15) is 0 Å². The molecule has 2 aliphatic rings. The van der Waals surface area contributed by atoms with E-state index in [1.807, 2.05) is 51.1 Å². The third kappa shape index (κ3) is 5.40. The lowest BCUT2D eigenvalue weighted by Gasteiger charge is -2.25. The first kappa shape index (κ1) is 25.9. The number of aromatic nitrogens is 5. The van der Waals surface area contributed by atoms with E-state index in [2.05, 4.69) is 19.9 Å². The molecule has 4 heterocycles. The van der Waals surface area contributed by atoms with E-state index < -0.39 is 9.84 Å². The molecular formula is C29H34N6O3S. The van der Waals surface area contributed by atoms with E-state index in [1.165, 1.54) is 6.26 Å². The highest BCUT2D eigenvalue weighted by Crippen LogP contribution is 2.42. The SMILES string of the molecule is Cc1cc(Cc2cc(Nc3ccc(C4CC4)cc3S(C)(=O)=O)c3nc(C)n(C4CCCCO4)c3n2)nc(C)n1. The van der Waals surface area contributed by atoms with Gasteiger partial charge in [0, 0.05) is 25.0 Å². The average molecular weight is 547 g/mol. The number of fused-ring (bicyclic) bond motifs is 1. The Morgan fingerprint density at radius 3 is 2.44 bits per heavy atom. The molecule has 1 aliphatic heterocycles. The highest BCUT2D eigenvalue weighted by Gasteiger charge is 2.27. The van der Waals surface area contributed by atoms with E-state index in [-0.39, 0.29) is 6.23 Å². The Kier molecular flexibility index (Phi) is 6.63. The molecule has 0 spiro atoms. The van der Waals surface area contributed by atoms with Gasteiger partial charge in [-0.15, -0.1) is 0 Å². The Labute approximate surface area is 229 Å². The highest BCUT2D eigenvalue weighted by molar-refractivity contribution is 7.90. The molecule has 1 aromatic carbocycles. The predicted molar refractivity (Wildman–Crippen MR) is 150 cm³/mol. The summed E-state index contributed by atoms with van der Waals surface area (Å²) in [5, 5.41) is 3.43. The second-order valence-electron chi connectivity index (χ2n) is 10.8. The van der Waals surface area contributed by atoms with Crippen molar-refractivity contribution >= 4 is 32.4 Å². The summed E-state index contributed by atoms with van der Waals surface area (Å²) in [7, 11) is -3.46. The summed E-state index contributed by atoms with van der Waals surface area (Å²) in [5.41, 5.74) is 6.31. The minimum atomic E-state index is -3.46. The fourth-order valence-corrected chi connectivity index (χ4v) is 6.38. The number of nitrogens with one attached hydrogen (secondary N) is 1. The summed E-state index contributed by atoms with van der Waals surface area (Å²) in [4.78, 5) is 19.3. The molecule has 6 rings (SSSR count). The van der Waals surface area contributed by atoms with Crippen LogP contribution in [-0.4, -0.2) is 45.8 Å². The second kappa shape index (κ2) is 9.98. The van der Waals surface area contributed by atoms with Crippen LogP contribution in [0.2, 0.25) is 0 Å². The maximum absolute atomic E-state index is 12.8. The smallest absolute Gasteiger partial charge is 0.177 e. The number of nitrogens with zero attached hydrogens (tertiary/aromatic N) is 5. The molecular weight excluding hydrogens is 512 g/mol. The highest BCUT2D eigenvalue weighted by atomic mass is 32.2. The maximum atomic E-state index is 12.8. The van der Waals surface area contributed by atoms with Crippen molar-refractivity contribution in [3.05, 3.63) is 64.6 Å². The van der Waals surface area contributed by atoms with Crippen molar-refractivity contribution in [1.29, 1.82) is 0 Å². The molecule has 10 heteroatoms. The normalized spacial score (nSPS) is 18.0. The number of sulfone groups is 1. The summed E-state index contributed by atoms with van der Waals surface area (Å²) in [6.45, 7) is 6.52. The molecule has 9 nitrogen and oxygen atoms in total. The molecule has 3 aromatic heterocycles. The van der Waals surface area contributed by atoms with Gasteiger partial charge in [0.15, 0.2) is 15.5 Å². The molecule has 0 radical (unpaired) electrons. The molecule has 0 amide bonds. The Balaban J connectivity index is 1.48. The van der Waals surface area contributed by atoms with Crippen molar-refractivity contribution < 1.29 is 13.2 Å². The fraction of sp³-hybridized carbons (Fsp3) is 0.448. The van der Waals surface area contributed by atoms with E-state index in [0.29, 0.717) is 40.7 Å². The quantitative estimate of drug-likeness (QED) is 0.325. The zero-order chi connectivity index (χ0) is 27.3. The van der Waals surface area contributed by atoms with Gasteiger partial charge in [0.05, 0.1) is 27.7 Å². The first-order chi connectivity index (χ1) is 18.7. The van der Waals surface area contributed by atoms with Crippen molar-refractivity contribution in [3.63, 3.8) is 0 Å². The molecule has 1 saturated carbocycles. The number of hydrogen-bond acceptors (Lipinski definition) is 8. The third-order valence-corrected chi connectivity index (χ3v) is 8.56. The van der Waals surface area contributed by atoms with Gasteiger partial charge >= 0.3 is 0 Å². The zero-order valence-corrected chi connectivity index (χ0v) is 23.7. The van der Waals surface area contributed by atoms with Gasteiger partial charge in [0.25, 0.3) is 0 Å². The molecule has 1 atom stereocenters. The number of imidazole rings is 1. The van der Waals surface area contributed by atoms with Crippen LogP contribution in [0.4, 0.5) is 11.4 Å². The summed E-state index contributed by atoms with van der Waals surface area (Å²) >= 11 is 0. The molecule has 1 unspecified atom stereocenters. The molecule has 39 heavy (non-hydrogen) atoms. The number of pyridine rings is 1. The summed E-state index contributed by atoms with van der Waals surface area (Å²) < 4.78 is 33.9. The predicted octanol–water partition coefficient (Wildman–Crippen LogP) is 5.46. The van der Waals surface area contributed by atoms with Crippen LogP contribution >= 0.6 is 0 Å². The Morgan fingerprint density at radius 2 is 1.74 bits per heavy atom. The number of hydrogen-bond donors (Lipinski definition) is 1. The molecule has 0 bridgehead atoms. The van der Waals surface area contributed by atoms with Crippen LogP contribution < -0.4 is 5.32 Å². The minimum Gasteiger partial charge on any atom is -0.358 e. The first-order valence-corrected chi connectivity index (χ1v) is 15.5. The van der Waals surface area contributed by atoms with Gasteiger partial charge in [-0.05, 0) is 88.6 Å². The zero-order valence-electron chi connectivity index (χ0n) is 22.9. The summed E-state index contributed by atoms with van der Waals surface area (Å²) in [6, 6.07) is 9.65.